The number of nitrogens with one attached hydrogen (secondary N) is 1. The molecule has 2 aromatic heterocycles. The van der Waals surface area contributed by atoms with Crippen LogP contribution in [0.4, 0.5) is 5.69 Å². The number of anilines is 1. The highest BCUT2D eigenvalue weighted by Gasteiger charge is 2.19. The normalized spacial score (nSPS) is 11.7. The number of nitrogens with zero attached hydrogens (tertiary/aromatic N) is 3. The molecule has 0 aliphatic heterocycles. The number of pyridine rings is 1. The number of fused-ring (bicyclic) bond motifs is 1. The van der Waals surface area contributed by atoms with Gasteiger partial charge in [-0.2, -0.15) is 0 Å². The number of hydrogen-bond acceptors (Lipinski definition) is 5. The molecule has 3 aromatic rings. The Hall–Kier alpha value is -2.24. The van der Waals surface area contributed by atoms with Crippen molar-refractivity contribution in [2.75, 3.05) is 11.9 Å². The molecule has 2 heterocycles. The van der Waals surface area contributed by atoms with Gasteiger partial charge < -0.3 is 10.4 Å². The summed E-state index contributed by atoms with van der Waals surface area (Å²) < 4.78 is 0. The van der Waals surface area contributed by atoms with Crippen molar-refractivity contribution >= 4 is 28.2 Å². The van der Waals surface area contributed by atoms with E-state index in [1.165, 1.54) is 0 Å². The van der Waals surface area contributed by atoms with Crippen molar-refractivity contribution in [2.45, 2.75) is 26.4 Å². The smallest absolute Gasteiger partial charge is 0.159 e. The van der Waals surface area contributed by atoms with Gasteiger partial charge in [-0.3, -0.25) is 4.98 Å². The van der Waals surface area contributed by atoms with E-state index in [0.29, 0.717) is 10.8 Å². The van der Waals surface area contributed by atoms with Crippen molar-refractivity contribution in [2.24, 2.45) is 0 Å². The first-order chi connectivity index (χ1) is 11.4. The zero-order valence-electron chi connectivity index (χ0n) is 13.8. The molecule has 124 valence electrons. The highest BCUT2D eigenvalue weighted by atomic mass is 35.5. The lowest BCUT2D eigenvalue weighted by Crippen LogP contribution is -2.19. The molecule has 0 aliphatic rings. The zero-order chi connectivity index (χ0) is 17.3. The van der Waals surface area contributed by atoms with Gasteiger partial charge in [0.05, 0.1) is 16.2 Å². The Morgan fingerprint density at radius 2 is 1.79 bits per heavy atom. The number of halogens is 1. The molecule has 0 atom stereocenters. The van der Waals surface area contributed by atoms with Gasteiger partial charge in [0, 0.05) is 36.1 Å². The quantitative estimate of drug-likeness (QED) is 0.749. The second-order valence-electron chi connectivity index (χ2n) is 6.10. The monoisotopic (exact) mass is 342 g/mol. The number of hydrogen-bond donors (Lipinski definition) is 2. The van der Waals surface area contributed by atoms with Crippen LogP contribution in [0.1, 0.15) is 26.6 Å². The topological polar surface area (TPSA) is 70.9 Å². The Kier molecular flexibility index (Phi) is 4.39. The van der Waals surface area contributed by atoms with E-state index >= 15 is 0 Å². The van der Waals surface area contributed by atoms with E-state index in [2.05, 4.69) is 20.3 Å². The summed E-state index contributed by atoms with van der Waals surface area (Å²) in [5.74, 6) is 0.394. The summed E-state index contributed by atoms with van der Waals surface area (Å²) in [7, 11) is 0. The minimum Gasteiger partial charge on any atom is -0.384 e. The van der Waals surface area contributed by atoms with Gasteiger partial charge in [-0.05, 0) is 38.5 Å². The third kappa shape index (κ3) is 3.18. The Labute approximate surface area is 145 Å². The van der Waals surface area contributed by atoms with Crippen molar-refractivity contribution < 1.29 is 5.11 Å². The van der Waals surface area contributed by atoms with Gasteiger partial charge in [0.25, 0.3) is 0 Å². The summed E-state index contributed by atoms with van der Waals surface area (Å²) in [5.41, 5.74) is 2.52. The molecule has 0 amide bonds. The molecule has 0 unspecified atom stereocenters. The maximum Gasteiger partial charge on any atom is 0.159 e. The Morgan fingerprint density at radius 1 is 1.08 bits per heavy atom. The molecule has 6 heteroatoms. The first-order valence-corrected chi connectivity index (χ1v) is 8.15. The number of rotatable bonds is 4. The fraction of sp³-hybridized carbons (Fsp3) is 0.278. The summed E-state index contributed by atoms with van der Waals surface area (Å²) in [4.78, 5) is 12.9. The van der Waals surface area contributed by atoms with E-state index in [1.807, 2.05) is 25.1 Å². The number of aromatic nitrogens is 3. The van der Waals surface area contributed by atoms with Crippen LogP contribution in [0.15, 0.2) is 36.8 Å². The van der Waals surface area contributed by atoms with Crippen molar-refractivity contribution in [1.82, 2.24) is 15.0 Å². The van der Waals surface area contributed by atoms with Crippen LogP contribution in [0.25, 0.3) is 22.0 Å². The molecule has 0 fully saturated rings. The molecule has 3 rings (SSSR count). The first kappa shape index (κ1) is 16.6. The Morgan fingerprint density at radius 3 is 2.42 bits per heavy atom. The SMILES string of the molecule is CCNc1c(Cl)cnc2ccc(-c3cnc(C(C)(C)O)nc3)cc12. The maximum absolute atomic E-state index is 9.96. The van der Waals surface area contributed by atoms with Gasteiger partial charge in [0.15, 0.2) is 5.82 Å². The lowest BCUT2D eigenvalue weighted by Gasteiger charge is -2.15. The minimum absolute atomic E-state index is 0.394. The highest BCUT2D eigenvalue weighted by Crippen LogP contribution is 2.32. The second-order valence-corrected chi connectivity index (χ2v) is 6.50. The van der Waals surface area contributed by atoms with Crippen LogP contribution < -0.4 is 5.32 Å². The molecular weight excluding hydrogens is 324 g/mol. The Bertz CT molecular complexity index is 873. The van der Waals surface area contributed by atoms with Crippen molar-refractivity contribution in [3.05, 3.63) is 47.6 Å². The first-order valence-electron chi connectivity index (χ1n) is 7.77. The molecule has 0 aliphatic carbocycles. The molecule has 0 saturated heterocycles. The molecule has 0 spiro atoms. The van der Waals surface area contributed by atoms with Gasteiger partial charge in [-0.1, -0.05) is 17.7 Å². The van der Waals surface area contributed by atoms with Gasteiger partial charge in [-0.25, -0.2) is 9.97 Å². The van der Waals surface area contributed by atoms with Crippen LogP contribution in [0.5, 0.6) is 0 Å². The second kappa shape index (κ2) is 6.34. The number of aliphatic hydroxyl groups is 1. The van der Waals surface area contributed by atoms with E-state index in [0.717, 1.165) is 34.3 Å². The third-order valence-electron chi connectivity index (χ3n) is 3.71. The van der Waals surface area contributed by atoms with E-state index in [4.69, 9.17) is 11.6 Å². The number of benzene rings is 1. The van der Waals surface area contributed by atoms with Crippen molar-refractivity contribution in [1.29, 1.82) is 0 Å². The molecular formula is C18H19ClN4O. The Balaban J connectivity index is 2.08. The van der Waals surface area contributed by atoms with Crippen LogP contribution in [-0.4, -0.2) is 26.6 Å². The van der Waals surface area contributed by atoms with Crippen molar-refractivity contribution in [3.63, 3.8) is 0 Å². The third-order valence-corrected chi connectivity index (χ3v) is 3.99. The van der Waals surface area contributed by atoms with E-state index in [1.54, 1.807) is 32.4 Å². The lowest BCUT2D eigenvalue weighted by molar-refractivity contribution is 0.0687. The van der Waals surface area contributed by atoms with E-state index in [9.17, 15) is 5.11 Å². The maximum atomic E-state index is 9.96. The van der Waals surface area contributed by atoms with Gasteiger partial charge in [-0.15, -0.1) is 0 Å². The molecule has 24 heavy (non-hydrogen) atoms. The largest absolute Gasteiger partial charge is 0.384 e. The summed E-state index contributed by atoms with van der Waals surface area (Å²) in [5, 5.41) is 14.8. The predicted octanol–water partition coefficient (Wildman–Crippen LogP) is 4.00. The minimum atomic E-state index is -1.06. The van der Waals surface area contributed by atoms with Gasteiger partial charge >= 0.3 is 0 Å². The van der Waals surface area contributed by atoms with Gasteiger partial charge in [0.2, 0.25) is 0 Å². The van der Waals surface area contributed by atoms with Crippen LogP contribution in [0.3, 0.4) is 0 Å². The lowest BCUT2D eigenvalue weighted by atomic mass is 10.0. The van der Waals surface area contributed by atoms with Crippen LogP contribution in [-0.2, 0) is 5.60 Å². The summed E-state index contributed by atoms with van der Waals surface area (Å²) in [6.45, 7) is 6.12. The summed E-state index contributed by atoms with van der Waals surface area (Å²) >= 11 is 6.27. The standard InChI is InChI=1S/C18H19ClN4O/c1-4-20-16-13-7-11(5-6-15(13)21-10-14(16)19)12-8-22-17(23-9-12)18(2,3)24/h5-10,24H,4H2,1-3H3,(H,20,21). The van der Waals surface area contributed by atoms with E-state index < -0.39 is 5.60 Å². The molecule has 1 aromatic carbocycles. The predicted molar refractivity (Wildman–Crippen MR) is 97.2 cm³/mol. The summed E-state index contributed by atoms with van der Waals surface area (Å²) in [6.07, 6.45) is 5.08. The molecule has 0 bridgehead atoms. The average molecular weight is 343 g/mol. The molecule has 0 radical (unpaired) electrons. The van der Waals surface area contributed by atoms with Crippen LogP contribution >= 0.6 is 11.6 Å². The molecule has 2 N–H and O–H groups in total. The van der Waals surface area contributed by atoms with Gasteiger partial charge in [0.1, 0.15) is 5.60 Å². The molecule has 5 nitrogen and oxygen atoms in total. The summed E-state index contributed by atoms with van der Waals surface area (Å²) in [6, 6.07) is 5.95. The average Bonchev–Trinajstić information content (AvgIpc) is 2.56. The van der Waals surface area contributed by atoms with Crippen LogP contribution in [0.2, 0.25) is 5.02 Å². The zero-order valence-corrected chi connectivity index (χ0v) is 14.6. The van der Waals surface area contributed by atoms with E-state index in [-0.39, 0.29) is 0 Å². The fourth-order valence-corrected chi connectivity index (χ4v) is 2.71. The van der Waals surface area contributed by atoms with Crippen LogP contribution in [0, 0.1) is 0 Å². The van der Waals surface area contributed by atoms with Crippen molar-refractivity contribution in [3.8, 4) is 11.1 Å². The highest BCUT2D eigenvalue weighted by molar-refractivity contribution is 6.34. The molecule has 0 saturated carbocycles. The fourth-order valence-electron chi connectivity index (χ4n) is 2.50.